The number of hydrogen-bond acceptors (Lipinski definition) is 2. The minimum absolute atomic E-state index is 0.714. The highest BCUT2D eigenvalue weighted by molar-refractivity contribution is 5.81. The van der Waals surface area contributed by atoms with Gasteiger partial charge in [-0.05, 0) is 42.7 Å². The molecule has 116 valence electrons. The van der Waals surface area contributed by atoms with Crippen molar-refractivity contribution in [1.29, 1.82) is 0 Å². The van der Waals surface area contributed by atoms with Crippen LogP contribution in [0.1, 0.15) is 81.8 Å². The summed E-state index contributed by atoms with van der Waals surface area (Å²) in [4.78, 5) is 5.40. The fourth-order valence-corrected chi connectivity index (χ4v) is 3.15. The Bertz CT molecular complexity index is 421. The molecule has 0 unspecified atom stereocenters. The van der Waals surface area contributed by atoms with E-state index in [1.54, 1.807) is 0 Å². The van der Waals surface area contributed by atoms with Gasteiger partial charge in [0.1, 0.15) is 6.61 Å². The van der Waals surface area contributed by atoms with Crippen LogP contribution in [0.2, 0.25) is 0 Å². The summed E-state index contributed by atoms with van der Waals surface area (Å²) in [5.41, 5.74) is 2.69. The Hall–Kier alpha value is -1.31. The molecule has 1 aliphatic carbocycles. The topological polar surface area (TPSA) is 21.6 Å². The van der Waals surface area contributed by atoms with E-state index in [-0.39, 0.29) is 0 Å². The Morgan fingerprint density at radius 1 is 1.10 bits per heavy atom. The Kier molecular flexibility index (Phi) is 7.34. The monoisotopic (exact) mass is 287 g/mol. The van der Waals surface area contributed by atoms with Crippen molar-refractivity contribution in [2.75, 3.05) is 6.61 Å². The van der Waals surface area contributed by atoms with E-state index in [0.29, 0.717) is 5.92 Å². The molecule has 0 saturated heterocycles. The van der Waals surface area contributed by atoms with Crippen LogP contribution in [-0.4, -0.2) is 12.8 Å². The molecule has 0 spiro atoms. The molecular formula is C19H29NO. The van der Waals surface area contributed by atoms with E-state index < -0.39 is 0 Å². The lowest BCUT2D eigenvalue weighted by Crippen LogP contribution is -2.07. The van der Waals surface area contributed by atoms with Gasteiger partial charge in [-0.25, -0.2) is 0 Å². The van der Waals surface area contributed by atoms with Gasteiger partial charge in [0.25, 0.3) is 0 Å². The SMILES string of the molecule is CCCCCCON=Cc1ccccc1C1CCCCC1. The summed E-state index contributed by atoms with van der Waals surface area (Å²) in [5, 5.41) is 4.17. The molecule has 1 aliphatic rings. The van der Waals surface area contributed by atoms with Crippen molar-refractivity contribution in [2.24, 2.45) is 5.16 Å². The number of rotatable bonds is 8. The number of unbranched alkanes of at least 4 members (excludes halogenated alkanes) is 3. The van der Waals surface area contributed by atoms with Crippen molar-refractivity contribution < 1.29 is 4.84 Å². The number of benzene rings is 1. The molecule has 2 rings (SSSR count). The highest BCUT2D eigenvalue weighted by atomic mass is 16.6. The van der Waals surface area contributed by atoms with Gasteiger partial charge in [0.05, 0.1) is 6.21 Å². The number of nitrogens with zero attached hydrogens (tertiary/aromatic N) is 1. The number of oxime groups is 1. The van der Waals surface area contributed by atoms with Gasteiger partial charge in [0.15, 0.2) is 0 Å². The third-order valence-electron chi connectivity index (χ3n) is 4.40. The molecule has 2 nitrogen and oxygen atoms in total. The van der Waals surface area contributed by atoms with Crippen LogP contribution in [0.3, 0.4) is 0 Å². The molecule has 1 fully saturated rings. The smallest absolute Gasteiger partial charge is 0.117 e. The second kappa shape index (κ2) is 9.59. The first kappa shape index (κ1) is 16.1. The van der Waals surface area contributed by atoms with Crippen molar-refractivity contribution in [1.82, 2.24) is 0 Å². The highest BCUT2D eigenvalue weighted by Gasteiger charge is 2.17. The maximum atomic E-state index is 5.40. The van der Waals surface area contributed by atoms with Gasteiger partial charge in [0, 0.05) is 0 Å². The Morgan fingerprint density at radius 3 is 2.71 bits per heavy atom. The maximum absolute atomic E-state index is 5.40. The first-order valence-electron chi connectivity index (χ1n) is 8.66. The molecule has 0 radical (unpaired) electrons. The first-order valence-corrected chi connectivity index (χ1v) is 8.66. The van der Waals surface area contributed by atoms with E-state index >= 15 is 0 Å². The molecule has 21 heavy (non-hydrogen) atoms. The predicted molar refractivity (Wildman–Crippen MR) is 90.0 cm³/mol. The number of hydrogen-bond donors (Lipinski definition) is 0. The highest BCUT2D eigenvalue weighted by Crippen LogP contribution is 2.33. The van der Waals surface area contributed by atoms with Crippen molar-refractivity contribution in [2.45, 2.75) is 70.6 Å². The summed E-state index contributed by atoms with van der Waals surface area (Å²) in [6.07, 6.45) is 13.6. The van der Waals surface area contributed by atoms with E-state index in [1.807, 2.05) is 6.21 Å². The van der Waals surface area contributed by atoms with Crippen molar-refractivity contribution in [3.05, 3.63) is 35.4 Å². The molecule has 0 amide bonds. The Labute approximate surface area is 129 Å². The van der Waals surface area contributed by atoms with E-state index in [9.17, 15) is 0 Å². The van der Waals surface area contributed by atoms with E-state index in [2.05, 4.69) is 36.3 Å². The molecule has 0 aliphatic heterocycles. The Morgan fingerprint density at radius 2 is 1.90 bits per heavy atom. The summed E-state index contributed by atoms with van der Waals surface area (Å²) < 4.78 is 0. The van der Waals surface area contributed by atoms with Crippen LogP contribution >= 0.6 is 0 Å². The quantitative estimate of drug-likeness (QED) is 0.343. The average molecular weight is 287 g/mol. The summed E-state index contributed by atoms with van der Waals surface area (Å²) in [6.45, 7) is 2.96. The zero-order chi connectivity index (χ0) is 14.8. The van der Waals surface area contributed by atoms with Gasteiger partial charge in [-0.3, -0.25) is 0 Å². The van der Waals surface area contributed by atoms with Gasteiger partial charge in [-0.2, -0.15) is 0 Å². The molecule has 0 aromatic heterocycles. The molecule has 1 aromatic carbocycles. The summed E-state index contributed by atoms with van der Waals surface area (Å²) in [5.74, 6) is 0.714. The van der Waals surface area contributed by atoms with Crippen LogP contribution in [0.5, 0.6) is 0 Å². The zero-order valence-electron chi connectivity index (χ0n) is 13.4. The molecule has 0 N–H and O–H groups in total. The van der Waals surface area contributed by atoms with Gasteiger partial charge in [0.2, 0.25) is 0 Å². The van der Waals surface area contributed by atoms with E-state index in [0.717, 1.165) is 13.0 Å². The average Bonchev–Trinajstić information content (AvgIpc) is 2.55. The molecular weight excluding hydrogens is 258 g/mol. The third-order valence-corrected chi connectivity index (χ3v) is 4.40. The maximum Gasteiger partial charge on any atom is 0.117 e. The van der Waals surface area contributed by atoms with Crippen LogP contribution in [0.15, 0.2) is 29.4 Å². The molecule has 1 saturated carbocycles. The molecule has 1 aromatic rings. The minimum atomic E-state index is 0.714. The van der Waals surface area contributed by atoms with Crippen LogP contribution < -0.4 is 0 Å². The molecule has 0 bridgehead atoms. The summed E-state index contributed by atoms with van der Waals surface area (Å²) in [6, 6.07) is 8.66. The lowest BCUT2D eigenvalue weighted by atomic mass is 9.82. The van der Waals surface area contributed by atoms with Crippen LogP contribution in [-0.2, 0) is 4.84 Å². The third kappa shape index (κ3) is 5.53. The predicted octanol–water partition coefficient (Wildman–Crippen LogP) is 5.67. The van der Waals surface area contributed by atoms with Gasteiger partial charge in [-0.1, -0.05) is 68.4 Å². The van der Waals surface area contributed by atoms with E-state index in [4.69, 9.17) is 4.84 Å². The van der Waals surface area contributed by atoms with Gasteiger partial charge in [-0.15, -0.1) is 0 Å². The largest absolute Gasteiger partial charge is 0.396 e. The fourth-order valence-electron chi connectivity index (χ4n) is 3.15. The molecule has 2 heteroatoms. The normalized spacial score (nSPS) is 16.4. The van der Waals surface area contributed by atoms with E-state index in [1.165, 1.54) is 62.5 Å². The van der Waals surface area contributed by atoms with Crippen LogP contribution in [0.25, 0.3) is 0 Å². The van der Waals surface area contributed by atoms with Crippen molar-refractivity contribution >= 4 is 6.21 Å². The van der Waals surface area contributed by atoms with Crippen molar-refractivity contribution in [3.63, 3.8) is 0 Å². The van der Waals surface area contributed by atoms with Crippen LogP contribution in [0.4, 0.5) is 0 Å². The lowest BCUT2D eigenvalue weighted by Gasteiger charge is -2.23. The van der Waals surface area contributed by atoms with Gasteiger partial charge >= 0.3 is 0 Å². The Balaban J connectivity index is 1.84. The first-order chi connectivity index (χ1) is 10.4. The summed E-state index contributed by atoms with van der Waals surface area (Å²) in [7, 11) is 0. The van der Waals surface area contributed by atoms with Crippen molar-refractivity contribution in [3.8, 4) is 0 Å². The summed E-state index contributed by atoms with van der Waals surface area (Å²) >= 11 is 0. The standard InChI is InChI=1S/C19H29NO/c1-2-3-4-10-15-21-20-16-18-13-8-9-14-19(18)17-11-6-5-7-12-17/h8-9,13-14,16-17H,2-7,10-12,15H2,1H3. The lowest BCUT2D eigenvalue weighted by molar-refractivity contribution is 0.141. The molecule has 0 heterocycles. The fraction of sp³-hybridized carbons (Fsp3) is 0.632. The van der Waals surface area contributed by atoms with Gasteiger partial charge < -0.3 is 4.84 Å². The minimum Gasteiger partial charge on any atom is -0.396 e. The second-order valence-corrected chi connectivity index (χ2v) is 6.09. The van der Waals surface area contributed by atoms with Crippen LogP contribution in [0, 0.1) is 0 Å². The zero-order valence-corrected chi connectivity index (χ0v) is 13.4. The second-order valence-electron chi connectivity index (χ2n) is 6.09. The molecule has 0 atom stereocenters.